The van der Waals surface area contributed by atoms with Gasteiger partial charge in [-0.2, -0.15) is 5.10 Å². The molecular formula is C13H9ClN4O. The van der Waals surface area contributed by atoms with Crippen molar-refractivity contribution >= 4 is 28.8 Å². The van der Waals surface area contributed by atoms with Gasteiger partial charge in [-0.25, -0.2) is 9.50 Å². The molecule has 2 heterocycles. The van der Waals surface area contributed by atoms with E-state index in [-0.39, 0.29) is 5.91 Å². The molecule has 94 valence electrons. The Bertz CT molecular complexity index is 753. The van der Waals surface area contributed by atoms with Crippen LogP contribution in [0.25, 0.3) is 5.65 Å². The van der Waals surface area contributed by atoms with Gasteiger partial charge in [0.2, 0.25) is 0 Å². The second-order valence-electron chi connectivity index (χ2n) is 3.88. The molecule has 0 saturated heterocycles. The van der Waals surface area contributed by atoms with Crippen molar-refractivity contribution in [2.45, 2.75) is 0 Å². The number of anilines is 1. The first kappa shape index (κ1) is 11.7. The highest BCUT2D eigenvalue weighted by molar-refractivity contribution is 6.34. The minimum Gasteiger partial charge on any atom is -0.320 e. The summed E-state index contributed by atoms with van der Waals surface area (Å²) in [5.41, 5.74) is 1.47. The van der Waals surface area contributed by atoms with Crippen molar-refractivity contribution in [1.82, 2.24) is 14.6 Å². The number of carbonyl (C=O) groups is 1. The summed E-state index contributed by atoms with van der Waals surface area (Å²) < 4.78 is 1.54. The van der Waals surface area contributed by atoms with Gasteiger partial charge in [-0.15, -0.1) is 0 Å². The van der Waals surface area contributed by atoms with Gasteiger partial charge < -0.3 is 5.32 Å². The third-order valence-electron chi connectivity index (χ3n) is 2.65. The van der Waals surface area contributed by atoms with E-state index < -0.39 is 0 Å². The van der Waals surface area contributed by atoms with E-state index in [0.717, 1.165) is 0 Å². The number of aromatic nitrogens is 3. The molecular weight excluding hydrogens is 264 g/mol. The molecule has 1 amide bonds. The van der Waals surface area contributed by atoms with Crippen LogP contribution in [0.1, 0.15) is 10.4 Å². The van der Waals surface area contributed by atoms with Crippen LogP contribution >= 0.6 is 11.6 Å². The minimum absolute atomic E-state index is 0.290. The molecule has 5 nitrogen and oxygen atoms in total. The van der Waals surface area contributed by atoms with Crippen LogP contribution in [0.2, 0.25) is 5.02 Å². The number of nitrogens with one attached hydrogen (secondary N) is 1. The molecule has 2 aromatic heterocycles. The zero-order valence-electron chi connectivity index (χ0n) is 9.75. The van der Waals surface area contributed by atoms with Gasteiger partial charge in [-0.1, -0.05) is 23.7 Å². The predicted molar refractivity (Wildman–Crippen MR) is 72.4 cm³/mol. The topological polar surface area (TPSA) is 59.3 Å². The fourth-order valence-corrected chi connectivity index (χ4v) is 1.92. The summed E-state index contributed by atoms with van der Waals surface area (Å²) in [4.78, 5) is 16.3. The van der Waals surface area contributed by atoms with Gasteiger partial charge in [0, 0.05) is 12.4 Å². The van der Waals surface area contributed by atoms with Gasteiger partial charge in [-0.05, 0) is 18.2 Å². The van der Waals surface area contributed by atoms with Crippen molar-refractivity contribution in [1.29, 1.82) is 0 Å². The molecule has 0 aliphatic heterocycles. The maximum Gasteiger partial charge on any atom is 0.261 e. The summed E-state index contributed by atoms with van der Waals surface area (Å²) >= 11 is 6.00. The second-order valence-corrected chi connectivity index (χ2v) is 4.29. The normalized spacial score (nSPS) is 10.6. The number of benzene rings is 1. The Hall–Kier alpha value is -2.40. The van der Waals surface area contributed by atoms with Gasteiger partial charge in [-0.3, -0.25) is 4.79 Å². The number of hydrogen-bond acceptors (Lipinski definition) is 3. The molecule has 0 spiro atoms. The summed E-state index contributed by atoms with van der Waals surface area (Å²) in [6.45, 7) is 0. The monoisotopic (exact) mass is 272 g/mol. The molecule has 0 bridgehead atoms. The number of hydrogen-bond donors (Lipinski definition) is 1. The van der Waals surface area contributed by atoms with Crippen LogP contribution in [0.3, 0.4) is 0 Å². The highest BCUT2D eigenvalue weighted by atomic mass is 35.5. The molecule has 0 atom stereocenters. The average Bonchev–Trinajstić information content (AvgIpc) is 2.85. The number of carbonyl (C=O) groups excluding carboxylic acids is 1. The molecule has 19 heavy (non-hydrogen) atoms. The highest BCUT2D eigenvalue weighted by Gasteiger charge is 2.14. The van der Waals surface area contributed by atoms with E-state index in [1.54, 1.807) is 47.2 Å². The first-order valence-corrected chi connectivity index (χ1v) is 5.98. The third kappa shape index (κ3) is 2.15. The van der Waals surface area contributed by atoms with Crippen molar-refractivity contribution in [3.8, 4) is 0 Å². The van der Waals surface area contributed by atoms with Crippen LogP contribution in [-0.2, 0) is 0 Å². The Kier molecular flexibility index (Phi) is 2.89. The summed E-state index contributed by atoms with van der Waals surface area (Å²) in [6, 6.07) is 8.80. The summed E-state index contributed by atoms with van der Waals surface area (Å²) in [7, 11) is 0. The van der Waals surface area contributed by atoms with E-state index in [0.29, 0.717) is 21.9 Å². The fraction of sp³-hybridized carbons (Fsp3) is 0. The predicted octanol–water partition coefficient (Wildman–Crippen LogP) is 2.64. The van der Waals surface area contributed by atoms with Crippen LogP contribution in [-0.4, -0.2) is 20.5 Å². The molecule has 6 heteroatoms. The van der Waals surface area contributed by atoms with E-state index in [9.17, 15) is 4.79 Å². The molecule has 0 saturated carbocycles. The van der Waals surface area contributed by atoms with Crippen molar-refractivity contribution < 1.29 is 4.79 Å². The number of para-hydroxylation sites is 1. The van der Waals surface area contributed by atoms with Crippen LogP contribution in [0.15, 0.2) is 48.9 Å². The molecule has 0 aliphatic rings. The molecule has 3 rings (SSSR count). The van der Waals surface area contributed by atoms with E-state index in [2.05, 4.69) is 15.4 Å². The molecule has 1 aromatic carbocycles. The molecule has 0 radical (unpaired) electrons. The highest BCUT2D eigenvalue weighted by Crippen LogP contribution is 2.21. The lowest BCUT2D eigenvalue weighted by Crippen LogP contribution is -2.12. The lowest BCUT2D eigenvalue weighted by Gasteiger charge is -2.05. The zero-order chi connectivity index (χ0) is 13.2. The van der Waals surface area contributed by atoms with E-state index >= 15 is 0 Å². The van der Waals surface area contributed by atoms with Crippen molar-refractivity contribution in [2.75, 3.05) is 5.32 Å². The van der Waals surface area contributed by atoms with Gasteiger partial charge >= 0.3 is 0 Å². The molecule has 1 N–H and O–H groups in total. The van der Waals surface area contributed by atoms with Gasteiger partial charge in [0.05, 0.1) is 16.9 Å². The molecule has 0 fully saturated rings. The Balaban J connectivity index is 1.95. The molecule has 3 aromatic rings. The van der Waals surface area contributed by atoms with Crippen LogP contribution in [0.4, 0.5) is 5.69 Å². The number of nitrogens with zero attached hydrogens (tertiary/aromatic N) is 3. The molecule has 0 aliphatic carbocycles. The Morgan fingerprint density at radius 3 is 2.95 bits per heavy atom. The largest absolute Gasteiger partial charge is 0.320 e. The SMILES string of the molecule is O=C(Nc1ccccc1Cl)c1cnn2cccnc12. The second kappa shape index (κ2) is 4.70. The van der Waals surface area contributed by atoms with E-state index in [4.69, 9.17) is 11.6 Å². The standard InChI is InChI=1S/C13H9ClN4O/c14-10-4-1-2-5-11(10)17-13(19)9-8-16-18-7-3-6-15-12(9)18/h1-8H,(H,17,19). The molecule has 0 unspecified atom stereocenters. The first-order valence-electron chi connectivity index (χ1n) is 5.60. The quantitative estimate of drug-likeness (QED) is 0.780. The van der Waals surface area contributed by atoms with Gasteiger partial charge in [0.25, 0.3) is 5.91 Å². The van der Waals surface area contributed by atoms with Crippen LogP contribution in [0.5, 0.6) is 0 Å². The average molecular weight is 273 g/mol. The maximum absolute atomic E-state index is 12.2. The van der Waals surface area contributed by atoms with Crippen molar-refractivity contribution in [2.24, 2.45) is 0 Å². The van der Waals surface area contributed by atoms with Gasteiger partial charge in [0.1, 0.15) is 5.56 Å². The third-order valence-corrected chi connectivity index (χ3v) is 2.98. The van der Waals surface area contributed by atoms with E-state index in [1.165, 1.54) is 6.20 Å². The number of fused-ring (bicyclic) bond motifs is 1. The smallest absolute Gasteiger partial charge is 0.261 e. The zero-order valence-corrected chi connectivity index (χ0v) is 10.5. The maximum atomic E-state index is 12.2. The summed E-state index contributed by atoms with van der Waals surface area (Å²) in [5, 5.41) is 7.29. The Morgan fingerprint density at radius 2 is 2.11 bits per heavy atom. The van der Waals surface area contributed by atoms with Crippen molar-refractivity contribution in [3.63, 3.8) is 0 Å². The van der Waals surface area contributed by atoms with Crippen LogP contribution in [0, 0.1) is 0 Å². The first-order chi connectivity index (χ1) is 9.25. The minimum atomic E-state index is -0.290. The lowest BCUT2D eigenvalue weighted by molar-refractivity contribution is 0.102. The number of halogens is 1. The fourth-order valence-electron chi connectivity index (χ4n) is 1.74. The number of rotatable bonds is 2. The van der Waals surface area contributed by atoms with E-state index in [1.807, 2.05) is 0 Å². The summed E-state index contributed by atoms with van der Waals surface area (Å²) in [6.07, 6.45) is 4.83. The Labute approximate surface area is 113 Å². The lowest BCUT2D eigenvalue weighted by atomic mass is 10.2. The Morgan fingerprint density at radius 1 is 1.26 bits per heavy atom. The van der Waals surface area contributed by atoms with Crippen molar-refractivity contribution in [3.05, 3.63) is 59.5 Å². The summed E-state index contributed by atoms with van der Waals surface area (Å²) in [5.74, 6) is -0.290. The number of amides is 1. The van der Waals surface area contributed by atoms with Gasteiger partial charge in [0.15, 0.2) is 5.65 Å². The van der Waals surface area contributed by atoms with Crippen LogP contribution < -0.4 is 5.32 Å².